The SMILES string of the molecule is C=C(C)C(=O)NCCCn1ccnc1.C=C(C)C(=O)OCCCc1ccc(=O)[nH]c1.C=C(C)C(=O)OCCCn1[nH]c(=S)nc1C.C=C(C)C(=O)OCCCn1nc(C)nc1C.C=C(C)C(=O)OCCCn1nnc(C)n1.C=C(C)C(=O)OCCCn1nnnc1C.C=CC(=O)NCCCc1ccncc1.C=CC(=O)NCCCn1ccnc1.C=CC(=O)OCCCn1ccnc1. The number of esters is 6. The average molecular weight is 1850 g/mol. The second-order valence-electron chi connectivity index (χ2n) is 28.5. The van der Waals surface area contributed by atoms with Gasteiger partial charge in [-0.2, -0.15) is 9.90 Å². The highest BCUT2D eigenvalue weighted by Gasteiger charge is 2.11. The molecule has 0 bridgehead atoms. The summed E-state index contributed by atoms with van der Waals surface area (Å²) in [5, 5.41) is 37.8. The van der Waals surface area contributed by atoms with E-state index in [1.165, 1.54) is 28.6 Å². The summed E-state index contributed by atoms with van der Waals surface area (Å²) in [5.41, 5.74) is 4.76. The average Bonchev–Trinajstić information content (AvgIpc) is 1.75. The topological polar surface area (TPSA) is 496 Å². The molecule has 0 saturated carbocycles. The van der Waals surface area contributed by atoms with E-state index in [-0.39, 0.29) is 59.1 Å². The summed E-state index contributed by atoms with van der Waals surface area (Å²) in [6, 6.07) is 7.21. The highest BCUT2D eigenvalue weighted by molar-refractivity contribution is 7.71. The van der Waals surface area contributed by atoms with Crippen LogP contribution in [0, 0.1) is 39.4 Å². The molecule has 9 heterocycles. The Bertz CT molecular complexity index is 5040. The van der Waals surface area contributed by atoms with Gasteiger partial charge in [0.05, 0.1) is 65.2 Å². The Kier molecular flexibility index (Phi) is 61.4. The number of nitrogens with one attached hydrogen (secondary N) is 5. The maximum absolute atomic E-state index is 11.1. The van der Waals surface area contributed by atoms with E-state index < -0.39 is 0 Å². The molecule has 9 aromatic rings. The quantitative estimate of drug-likeness (QED) is 0.00779. The molecular weight excluding hydrogens is 1720 g/mol. The summed E-state index contributed by atoms with van der Waals surface area (Å²) in [4.78, 5) is 137. The van der Waals surface area contributed by atoms with Gasteiger partial charge in [-0.25, -0.2) is 63.1 Å². The van der Waals surface area contributed by atoms with E-state index in [0.717, 1.165) is 106 Å². The number of H-pyrrole nitrogens is 2. The normalized spacial score (nSPS) is 9.84. The standard InChI is InChI=1S/C12H15NO3.C11H17N3O2.C11H14N2O.C10H15N3O2S.C10H15N3O.2C9H14N4O2.C9H13N3O.C9H12N2O2/c1-9(2)12(15)16-7-3-4-10-5-6-11(14)13-8-10;1-8(2)11(15)16-7-5-6-14-10(4)12-9(3)13-14;1-2-11(14)13-7-3-4-10-5-8-12-9-6-10;1-7(2)9(14)15-6-4-5-13-8(3)11-10(16)12-13;1-9(2)10(14)12-4-3-6-13-7-5-11-8-13;1-7(2)9(14)15-6-4-5-13-8(3)10-11-12-13;1-7(2)9(14)15-6-4-5-13-11-8(3)10-12-13;1-2-9(13)11-4-3-6-12-7-5-10-8-12;1-2-9(12)13-7-3-5-11-6-4-10-8-11/h5-6,8H,1,3-4,7H2,2H3,(H,13,14);1,5-7H2,2-4H3;2,5-6,8-9H,1,3-4,7H2,(H,13,14);1,4-6H2,2-3H3,(H,12,16);5,7-8H,1,3-4,6H2,2H3,(H,12,14);2*1,4-6H2,2-3H3;2,5,7-8H,1,3-4,6H2,(H,11,13);2,4,6,8H,1,3,5,7H2. The Morgan fingerprint density at radius 1 is 0.424 bits per heavy atom. The van der Waals surface area contributed by atoms with Crippen LogP contribution < -0.4 is 21.5 Å². The van der Waals surface area contributed by atoms with Gasteiger partial charge >= 0.3 is 35.8 Å². The van der Waals surface area contributed by atoms with E-state index in [9.17, 15) is 47.9 Å². The Morgan fingerprint density at radius 3 is 1.26 bits per heavy atom. The second kappa shape index (κ2) is 70.3. The van der Waals surface area contributed by atoms with Gasteiger partial charge in [0.25, 0.3) is 0 Å². The Labute approximate surface area is 775 Å². The number of ether oxygens (including phenoxy) is 6. The number of pyridine rings is 2. The third-order valence-corrected chi connectivity index (χ3v) is 16.6. The number of imidazole rings is 3. The first-order chi connectivity index (χ1) is 63.0. The molecule has 0 unspecified atom stereocenters. The number of carbonyl (C=O) groups is 9. The van der Waals surface area contributed by atoms with Crippen LogP contribution in [0.15, 0.2) is 215 Å². The van der Waals surface area contributed by atoms with Crippen LogP contribution in [0.3, 0.4) is 0 Å². The van der Waals surface area contributed by atoms with Crippen molar-refractivity contribution in [1.29, 1.82) is 0 Å². The van der Waals surface area contributed by atoms with Crippen LogP contribution in [-0.4, -0.2) is 221 Å². The number of carbonyl (C=O) groups excluding carboxylic acids is 9. The molecule has 0 aromatic carbocycles. The predicted molar refractivity (Wildman–Crippen MR) is 498 cm³/mol. The van der Waals surface area contributed by atoms with Crippen molar-refractivity contribution >= 4 is 65.8 Å². The van der Waals surface area contributed by atoms with Gasteiger partial charge in [0, 0.05) is 186 Å². The summed E-state index contributed by atoms with van der Waals surface area (Å²) in [7, 11) is 0. The molecule has 3 amide bonds. The number of hydrogen-bond acceptors (Lipinski definition) is 30. The van der Waals surface area contributed by atoms with Crippen LogP contribution in [0.25, 0.3) is 0 Å². The van der Waals surface area contributed by atoms with E-state index in [4.69, 9.17) is 40.6 Å². The van der Waals surface area contributed by atoms with Crippen molar-refractivity contribution in [2.24, 2.45) is 0 Å². The van der Waals surface area contributed by atoms with E-state index >= 15 is 0 Å². The molecule has 0 aliphatic carbocycles. The van der Waals surface area contributed by atoms with E-state index in [2.05, 4.69) is 151 Å². The van der Waals surface area contributed by atoms with Crippen molar-refractivity contribution in [1.82, 2.24) is 125 Å². The third-order valence-electron chi connectivity index (χ3n) is 16.4. The molecule has 0 aliphatic rings. The van der Waals surface area contributed by atoms with Gasteiger partial charge in [0.15, 0.2) is 5.82 Å². The lowest BCUT2D eigenvalue weighted by Gasteiger charge is -2.05. The highest BCUT2D eigenvalue weighted by Crippen LogP contribution is 2.06. The molecule has 0 radical (unpaired) electrons. The highest BCUT2D eigenvalue weighted by atomic mass is 32.1. The van der Waals surface area contributed by atoms with E-state index in [1.54, 1.807) is 115 Å². The molecule has 9 rings (SSSR count). The van der Waals surface area contributed by atoms with Crippen LogP contribution in [0.1, 0.15) is 140 Å². The van der Waals surface area contributed by atoms with Crippen LogP contribution in [-0.2, 0) is 130 Å². The first-order valence-electron chi connectivity index (χ1n) is 42.1. The third kappa shape index (κ3) is 58.6. The predicted octanol–water partition coefficient (Wildman–Crippen LogP) is 9.43. The largest absolute Gasteiger partial charge is 0.462 e. The number of aryl methyl sites for hydroxylation is 14. The lowest BCUT2D eigenvalue weighted by atomic mass is 10.1. The van der Waals surface area contributed by atoms with Crippen molar-refractivity contribution < 1.29 is 71.6 Å². The van der Waals surface area contributed by atoms with Crippen molar-refractivity contribution in [3.8, 4) is 0 Å². The fourth-order valence-electron chi connectivity index (χ4n) is 9.49. The van der Waals surface area contributed by atoms with E-state index in [1.807, 2.05) is 81.5 Å². The molecule has 5 N–H and O–H groups in total. The molecule has 716 valence electrons. The van der Waals surface area contributed by atoms with E-state index in [0.29, 0.717) is 149 Å². The molecule has 0 fully saturated rings. The monoisotopic (exact) mass is 1850 g/mol. The number of rotatable bonds is 45. The molecule has 9 aromatic heterocycles. The number of aromatic nitrogens is 22. The fourth-order valence-corrected chi connectivity index (χ4v) is 9.73. The molecule has 132 heavy (non-hydrogen) atoms. The number of aromatic amines is 2. The molecule has 0 aliphatic heterocycles. The van der Waals surface area contributed by atoms with Crippen molar-refractivity contribution in [2.45, 2.75) is 193 Å². The van der Waals surface area contributed by atoms with Crippen LogP contribution in [0.5, 0.6) is 0 Å². The zero-order valence-electron chi connectivity index (χ0n) is 77.8. The smallest absolute Gasteiger partial charge is 0.333 e. The Hall–Kier alpha value is -14.7. The summed E-state index contributed by atoms with van der Waals surface area (Å²) < 4.78 is 41.1. The first kappa shape index (κ1) is 115. The number of nitrogens with zero attached hydrogens (tertiary/aromatic N) is 20. The lowest BCUT2D eigenvalue weighted by Crippen LogP contribution is -2.25. The zero-order valence-corrected chi connectivity index (χ0v) is 78.6. The summed E-state index contributed by atoms with van der Waals surface area (Å²) in [6.07, 6.45) is 33.8. The zero-order chi connectivity index (χ0) is 98.4. The van der Waals surface area contributed by atoms with Crippen LogP contribution in [0.2, 0.25) is 0 Å². The molecule has 0 atom stereocenters. The molecule has 0 saturated heterocycles. The van der Waals surface area contributed by atoms with Gasteiger partial charge in [-0.15, -0.1) is 15.3 Å². The minimum absolute atomic E-state index is 0.0735. The lowest BCUT2D eigenvalue weighted by molar-refractivity contribution is -0.140. The van der Waals surface area contributed by atoms with Gasteiger partial charge < -0.3 is 63.1 Å². The number of hydrogen-bond donors (Lipinski definition) is 5. The van der Waals surface area contributed by atoms with Gasteiger partial charge in [-0.05, 0) is 184 Å². The summed E-state index contributed by atoms with van der Waals surface area (Å²) in [5.74, 6) is 1.41. The summed E-state index contributed by atoms with van der Waals surface area (Å²) in [6.45, 7) is 59.5. The Morgan fingerprint density at radius 2 is 0.864 bits per heavy atom. The van der Waals surface area contributed by atoms with Gasteiger partial charge in [-0.3, -0.25) is 33.9 Å². The van der Waals surface area contributed by atoms with Crippen molar-refractivity contribution in [2.75, 3.05) is 59.3 Å². The molecule has 0 spiro atoms. The molecule has 41 nitrogen and oxygen atoms in total. The van der Waals surface area contributed by atoms with Gasteiger partial charge in [-0.1, -0.05) is 65.3 Å². The number of tetrazole rings is 2. The van der Waals surface area contributed by atoms with Crippen LogP contribution in [0.4, 0.5) is 0 Å². The van der Waals surface area contributed by atoms with Gasteiger partial charge in [0.1, 0.15) is 23.3 Å². The van der Waals surface area contributed by atoms with Crippen molar-refractivity contribution in [3.05, 3.63) is 265 Å². The molecular formula is C90H129N25O16S. The maximum atomic E-state index is 11.1. The minimum Gasteiger partial charge on any atom is -0.462 e. The first-order valence-corrected chi connectivity index (χ1v) is 42.5. The Balaban J connectivity index is 0.000000743. The maximum Gasteiger partial charge on any atom is 0.333 e. The molecule has 42 heteroatoms. The van der Waals surface area contributed by atoms with Crippen LogP contribution >= 0.6 is 12.2 Å². The fraction of sp³-hybridized carbons (Fsp3) is 0.422. The van der Waals surface area contributed by atoms with Crippen molar-refractivity contribution in [3.63, 3.8) is 0 Å². The minimum atomic E-state index is -0.370. The van der Waals surface area contributed by atoms with Gasteiger partial charge in [0.2, 0.25) is 28.1 Å². The summed E-state index contributed by atoms with van der Waals surface area (Å²) >= 11 is 4.89. The number of amides is 3. The second-order valence-corrected chi connectivity index (χ2v) is 28.9.